The standard InChI is InChI=1S/C10H19NO2S/c1-11-8-3-4-10(7-9(8)14-2)12-5-6-13-10/h8-9,11H,3-7H2,1-2H3. The summed E-state index contributed by atoms with van der Waals surface area (Å²) in [5.41, 5.74) is 0. The van der Waals surface area contributed by atoms with Gasteiger partial charge in [0.1, 0.15) is 0 Å². The first-order valence-corrected chi connectivity index (χ1v) is 6.56. The summed E-state index contributed by atoms with van der Waals surface area (Å²) in [5, 5.41) is 4.00. The second-order valence-electron chi connectivity index (χ2n) is 4.02. The molecule has 0 aromatic rings. The molecule has 0 aromatic carbocycles. The van der Waals surface area contributed by atoms with Gasteiger partial charge >= 0.3 is 0 Å². The summed E-state index contributed by atoms with van der Waals surface area (Å²) in [5.74, 6) is -0.235. The molecule has 0 aromatic heterocycles. The van der Waals surface area contributed by atoms with Crippen molar-refractivity contribution in [2.24, 2.45) is 0 Å². The minimum absolute atomic E-state index is 0.235. The fraction of sp³-hybridized carbons (Fsp3) is 1.00. The van der Waals surface area contributed by atoms with E-state index in [1.807, 2.05) is 18.8 Å². The summed E-state index contributed by atoms with van der Waals surface area (Å²) in [6, 6.07) is 0.614. The molecule has 2 atom stereocenters. The molecular formula is C10H19NO2S. The Hall–Kier alpha value is 0.230. The topological polar surface area (TPSA) is 30.5 Å². The molecule has 1 heterocycles. The van der Waals surface area contributed by atoms with Crippen molar-refractivity contribution < 1.29 is 9.47 Å². The van der Waals surface area contributed by atoms with Gasteiger partial charge in [0.15, 0.2) is 5.79 Å². The molecule has 2 unspecified atom stereocenters. The second-order valence-corrected chi connectivity index (χ2v) is 5.10. The molecule has 2 fully saturated rings. The first-order valence-electron chi connectivity index (χ1n) is 5.28. The maximum Gasteiger partial charge on any atom is 0.169 e. The predicted molar refractivity (Wildman–Crippen MR) is 58.6 cm³/mol. The van der Waals surface area contributed by atoms with Gasteiger partial charge in [0.2, 0.25) is 0 Å². The van der Waals surface area contributed by atoms with Crippen molar-refractivity contribution in [1.82, 2.24) is 5.32 Å². The van der Waals surface area contributed by atoms with E-state index in [1.54, 1.807) is 0 Å². The highest BCUT2D eigenvalue weighted by molar-refractivity contribution is 7.99. The Morgan fingerprint density at radius 1 is 1.36 bits per heavy atom. The van der Waals surface area contributed by atoms with Crippen molar-refractivity contribution >= 4 is 11.8 Å². The maximum atomic E-state index is 5.74. The molecule has 2 aliphatic rings. The van der Waals surface area contributed by atoms with Crippen molar-refractivity contribution in [3.63, 3.8) is 0 Å². The molecule has 1 aliphatic carbocycles. The van der Waals surface area contributed by atoms with E-state index in [0.717, 1.165) is 32.5 Å². The summed E-state index contributed by atoms with van der Waals surface area (Å²) in [6.45, 7) is 1.54. The minimum atomic E-state index is -0.235. The van der Waals surface area contributed by atoms with Crippen LogP contribution in [-0.2, 0) is 9.47 Å². The predicted octanol–water partition coefficient (Wildman–Crippen LogP) is 1.23. The summed E-state index contributed by atoms with van der Waals surface area (Å²) < 4.78 is 11.5. The third-order valence-corrected chi connectivity index (χ3v) is 4.39. The molecule has 1 spiro atoms. The van der Waals surface area contributed by atoms with E-state index in [1.165, 1.54) is 0 Å². The zero-order chi connectivity index (χ0) is 10.0. The zero-order valence-corrected chi connectivity index (χ0v) is 9.73. The third-order valence-electron chi connectivity index (χ3n) is 3.28. The number of thioether (sulfide) groups is 1. The van der Waals surface area contributed by atoms with Gasteiger partial charge in [-0.3, -0.25) is 0 Å². The van der Waals surface area contributed by atoms with E-state index in [9.17, 15) is 0 Å². The highest BCUT2D eigenvalue weighted by Gasteiger charge is 2.44. The largest absolute Gasteiger partial charge is 0.347 e. The van der Waals surface area contributed by atoms with E-state index >= 15 is 0 Å². The van der Waals surface area contributed by atoms with Crippen LogP contribution >= 0.6 is 11.8 Å². The van der Waals surface area contributed by atoms with E-state index in [-0.39, 0.29) is 5.79 Å². The molecule has 1 aliphatic heterocycles. The molecule has 0 radical (unpaired) electrons. The van der Waals surface area contributed by atoms with Gasteiger partial charge in [-0.1, -0.05) is 0 Å². The van der Waals surface area contributed by atoms with Gasteiger partial charge in [-0.15, -0.1) is 0 Å². The minimum Gasteiger partial charge on any atom is -0.347 e. The zero-order valence-electron chi connectivity index (χ0n) is 8.91. The number of ether oxygens (including phenoxy) is 2. The highest BCUT2D eigenvalue weighted by Crippen LogP contribution is 2.39. The Morgan fingerprint density at radius 2 is 2.07 bits per heavy atom. The molecule has 14 heavy (non-hydrogen) atoms. The van der Waals surface area contributed by atoms with Gasteiger partial charge in [-0.05, 0) is 19.7 Å². The van der Waals surface area contributed by atoms with Crippen LogP contribution in [0.15, 0.2) is 0 Å². The summed E-state index contributed by atoms with van der Waals surface area (Å²) >= 11 is 1.92. The fourth-order valence-corrected chi connectivity index (χ4v) is 3.47. The van der Waals surface area contributed by atoms with Gasteiger partial charge in [0.05, 0.1) is 13.2 Å². The highest BCUT2D eigenvalue weighted by atomic mass is 32.2. The quantitative estimate of drug-likeness (QED) is 0.754. The van der Waals surface area contributed by atoms with E-state index in [4.69, 9.17) is 9.47 Å². The van der Waals surface area contributed by atoms with Crippen molar-refractivity contribution in [2.45, 2.75) is 36.3 Å². The Balaban J connectivity index is 2.00. The monoisotopic (exact) mass is 217 g/mol. The van der Waals surface area contributed by atoms with Crippen molar-refractivity contribution in [3.05, 3.63) is 0 Å². The number of nitrogens with one attached hydrogen (secondary N) is 1. The Labute approximate surface area is 89.9 Å². The first-order chi connectivity index (χ1) is 6.79. The summed E-state index contributed by atoms with van der Waals surface area (Å²) in [4.78, 5) is 0. The van der Waals surface area contributed by atoms with Gasteiger partial charge < -0.3 is 14.8 Å². The summed E-state index contributed by atoms with van der Waals surface area (Å²) in [6.07, 6.45) is 5.39. The van der Waals surface area contributed by atoms with Crippen LogP contribution in [0.1, 0.15) is 19.3 Å². The van der Waals surface area contributed by atoms with Crippen LogP contribution < -0.4 is 5.32 Å². The lowest BCUT2D eigenvalue weighted by molar-refractivity contribution is -0.177. The molecule has 0 amide bonds. The lowest BCUT2D eigenvalue weighted by Gasteiger charge is -2.40. The number of hydrogen-bond acceptors (Lipinski definition) is 4. The Bertz CT molecular complexity index is 195. The van der Waals surface area contributed by atoms with E-state index < -0.39 is 0 Å². The van der Waals surface area contributed by atoms with Crippen molar-refractivity contribution in [2.75, 3.05) is 26.5 Å². The van der Waals surface area contributed by atoms with Gasteiger partial charge in [-0.2, -0.15) is 11.8 Å². The smallest absolute Gasteiger partial charge is 0.169 e. The van der Waals surface area contributed by atoms with E-state index in [2.05, 4.69) is 11.6 Å². The average molecular weight is 217 g/mol. The van der Waals surface area contributed by atoms with Gasteiger partial charge in [0, 0.05) is 24.1 Å². The number of rotatable bonds is 2. The SMILES string of the molecule is CNC1CCC2(CC1SC)OCCO2. The van der Waals surface area contributed by atoms with Crippen molar-refractivity contribution in [1.29, 1.82) is 0 Å². The number of hydrogen-bond donors (Lipinski definition) is 1. The van der Waals surface area contributed by atoms with Crippen LogP contribution in [0, 0.1) is 0 Å². The molecule has 1 saturated heterocycles. The molecule has 2 rings (SSSR count). The van der Waals surface area contributed by atoms with E-state index in [0.29, 0.717) is 11.3 Å². The average Bonchev–Trinajstić information content (AvgIpc) is 2.66. The van der Waals surface area contributed by atoms with Crippen LogP contribution in [-0.4, -0.2) is 43.6 Å². The van der Waals surface area contributed by atoms with Crippen LogP contribution in [0.5, 0.6) is 0 Å². The fourth-order valence-electron chi connectivity index (χ4n) is 2.45. The molecule has 0 bridgehead atoms. The third kappa shape index (κ3) is 1.94. The second kappa shape index (κ2) is 4.39. The molecule has 1 N–H and O–H groups in total. The molecule has 1 saturated carbocycles. The van der Waals surface area contributed by atoms with Crippen LogP contribution in [0.3, 0.4) is 0 Å². The molecule has 4 heteroatoms. The van der Waals surface area contributed by atoms with Crippen LogP contribution in [0.4, 0.5) is 0 Å². The Kier molecular flexibility index (Phi) is 3.37. The van der Waals surface area contributed by atoms with Crippen LogP contribution in [0.25, 0.3) is 0 Å². The van der Waals surface area contributed by atoms with Gasteiger partial charge in [0.25, 0.3) is 0 Å². The lowest BCUT2D eigenvalue weighted by atomic mass is 9.89. The lowest BCUT2D eigenvalue weighted by Crippen LogP contribution is -2.48. The van der Waals surface area contributed by atoms with Crippen molar-refractivity contribution in [3.8, 4) is 0 Å². The Morgan fingerprint density at radius 3 is 2.64 bits per heavy atom. The maximum absolute atomic E-state index is 5.74. The molecular weight excluding hydrogens is 198 g/mol. The normalized spacial score (nSPS) is 36.4. The summed E-state index contributed by atoms with van der Waals surface area (Å²) in [7, 11) is 2.04. The first kappa shape index (κ1) is 10.7. The molecule has 3 nitrogen and oxygen atoms in total. The molecule has 82 valence electrons. The van der Waals surface area contributed by atoms with Gasteiger partial charge in [-0.25, -0.2) is 0 Å². The van der Waals surface area contributed by atoms with Crippen LogP contribution in [0.2, 0.25) is 0 Å².